The van der Waals surface area contributed by atoms with Crippen LogP contribution in [0.2, 0.25) is 0 Å². The normalized spacial score (nSPS) is 10.8. The molecular weight excluding hydrogens is 300 g/mol. The Hall–Kier alpha value is -2.76. The number of hydrogen-bond acceptors (Lipinski definition) is 5. The summed E-state index contributed by atoms with van der Waals surface area (Å²) < 4.78 is 2.17. The van der Waals surface area contributed by atoms with Crippen LogP contribution in [0.25, 0.3) is 11.4 Å². The molecule has 0 aliphatic heterocycles. The van der Waals surface area contributed by atoms with Crippen LogP contribution >= 0.6 is 0 Å². The lowest BCUT2D eigenvalue weighted by molar-refractivity contribution is 0.621. The van der Waals surface area contributed by atoms with Crippen LogP contribution < -0.4 is 4.90 Å². The molecule has 3 rings (SSSR count). The van der Waals surface area contributed by atoms with E-state index in [-0.39, 0.29) is 0 Å². The van der Waals surface area contributed by atoms with Crippen molar-refractivity contribution in [2.75, 3.05) is 18.5 Å². The van der Waals surface area contributed by atoms with Crippen LogP contribution in [-0.4, -0.2) is 38.1 Å². The molecule has 0 N–H and O–H groups in total. The van der Waals surface area contributed by atoms with Crippen molar-refractivity contribution in [3.05, 3.63) is 54.5 Å². The third-order valence-corrected chi connectivity index (χ3v) is 3.97. The molecule has 6 nitrogen and oxygen atoms in total. The first-order valence-corrected chi connectivity index (χ1v) is 8.08. The second-order valence-corrected chi connectivity index (χ2v) is 5.88. The van der Waals surface area contributed by atoms with Gasteiger partial charge in [-0.15, -0.1) is 0 Å². The van der Waals surface area contributed by atoms with Crippen LogP contribution in [0.15, 0.2) is 43.0 Å². The molecule has 0 saturated carbocycles. The summed E-state index contributed by atoms with van der Waals surface area (Å²) in [6, 6.07) is 5.90. The van der Waals surface area contributed by atoms with Crippen LogP contribution in [0, 0.1) is 13.8 Å². The number of nitrogens with zero attached hydrogens (tertiary/aromatic N) is 6. The first-order valence-electron chi connectivity index (χ1n) is 8.08. The van der Waals surface area contributed by atoms with Gasteiger partial charge in [0.1, 0.15) is 11.6 Å². The summed E-state index contributed by atoms with van der Waals surface area (Å²) in [4.78, 5) is 19.8. The fraction of sp³-hybridized carbons (Fsp3) is 0.333. The lowest BCUT2D eigenvalue weighted by Gasteiger charge is -2.19. The summed E-state index contributed by atoms with van der Waals surface area (Å²) in [5, 5.41) is 0. The number of hydrogen-bond donors (Lipinski definition) is 0. The summed E-state index contributed by atoms with van der Waals surface area (Å²) in [5.74, 6) is 2.70. The van der Waals surface area contributed by atoms with E-state index in [1.165, 1.54) is 0 Å². The fourth-order valence-electron chi connectivity index (χ4n) is 2.60. The lowest BCUT2D eigenvalue weighted by atomic mass is 10.2. The minimum absolute atomic E-state index is 0.718. The summed E-state index contributed by atoms with van der Waals surface area (Å²) >= 11 is 0. The molecule has 0 fully saturated rings. The van der Waals surface area contributed by atoms with E-state index in [1.54, 1.807) is 12.4 Å². The molecule has 3 heterocycles. The summed E-state index contributed by atoms with van der Waals surface area (Å²) in [5.41, 5.74) is 1.89. The van der Waals surface area contributed by atoms with Gasteiger partial charge in [-0.2, -0.15) is 0 Å². The molecule has 3 aromatic heterocycles. The van der Waals surface area contributed by atoms with Gasteiger partial charge in [0.15, 0.2) is 5.82 Å². The van der Waals surface area contributed by atoms with Crippen molar-refractivity contribution in [3.8, 4) is 11.4 Å². The Kier molecular flexibility index (Phi) is 4.84. The van der Waals surface area contributed by atoms with E-state index in [9.17, 15) is 0 Å². The first kappa shape index (κ1) is 16.1. The Morgan fingerprint density at radius 1 is 1.17 bits per heavy atom. The quantitative estimate of drug-likeness (QED) is 0.698. The number of pyridine rings is 1. The van der Waals surface area contributed by atoms with Crippen LogP contribution in [0.1, 0.15) is 17.9 Å². The molecule has 0 aliphatic rings. The molecule has 0 spiro atoms. The number of imidazole rings is 1. The van der Waals surface area contributed by atoms with E-state index in [1.807, 2.05) is 44.4 Å². The van der Waals surface area contributed by atoms with E-state index in [2.05, 4.69) is 31.5 Å². The molecule has 0 aromatic carbocycles. The molecule has 6 heteroatoms. The van der Waals surface area contributed by atoms with Gasteiger partial charge in [0.05, 0.1) is 0 Å². The number of anilines is 1. The zero-order valence-corrected chi connectivity index (χ0v) is 14.3. The van der Waals surface area contributed by atoms with Gasteiger partial charge >= 0.3 is 0 Å². The van der Waals surface area contributed by atoms with E-state index >= 15 is 0 Å². The lowest BCUT2D eigenvalue weighted by Crippen LogP contribution is -2.21. The molecule has 3 aromatic rings. The van der Waals surface area contributed by atoms with Gasteiger partial charge in [0.2, 0.25) is 0 Å². The maximum Gasteiger partial charge on any atom is 0.163 e. The second-order valence-electron chi connectivity index (χ2n) is 5.88. The summed E-state index contributed by atoms with van der Waals surface area (Å²) in [6.45, 7) is 5.89. The average molecular weight is 322 g/mol. The highest BCUT2D eigenvalue weighted by Gasteiger charge is 2.09. The Balaban J connectivity index is 1.69. The molecule has 0 aliphatic carbocycles. The van der Waals surface area contributed by atoms with Gasteiger partial charge in [0, 0.05) is 62.2 Å². The number of aromatic nitrogens is 5. The Bertz CT molecular complexity index is 796. The highest BCUT2D eigenvalue weighted by molar-refractivity contribution is 5.56. The van der Waals surface area contributed by atoms with Crippen molar-refractivity contribution < 1.29 is 0 Å². The van der Waals surface area contributed by atoms with Crippen LogP contribution in [0.5, 0.6) is 0 Å². The monoisotopic (exact) mass is 322 g/mol. The summed E-state index contributed by atoms with van der Waals surface area (Å²) in [6.07, 6.45) is 8.43. The topological polar surface area (TPSA) is 59.7 Å². The van der Waals surface area contributed by atoms with Gasteiger partial charge in [-0.05, 0) is 32.4 Å². The van der Waals surface area contributed by atoms with Crippen molar-refractivity contribution >= 4 is 5.82 Å². The Morgan fingerprint density at radius 2 is 2.04 bits per heavy atom. The Labute approximate surface area is 142 Å². The zero-order valence-electron chi connectivity index (χ0n) is 14.3. The van der Waals surface area contributed by atoms with Crippen molar-refractivity contribution in [1.29, 1.82) is 0 Å². The second kappa shape index (κ2) is 7.21. The Morgan fingerprint density at radius 3 is 2.75 bits per heavy atom. The smallest absolute Gasteiger partial charge is 0.163 e. The predicted molar refractivity (Wildman–Crippen MR) is 94.9 cm³/mol. The van der Waals surface area contributed by atoms with Gasteiger partial charge in [0.25, 0.3) is 0 Å². The number of rotatable bonds is 6. The standard InChI is InChI=1S/C18H22N6/c1-14-12-17(22-18(21-14)16-6-4-7-19-13-16)23(3)9-5-10-24-11-8-20-15(24)2/h4,6-8,11-13H,5,9-10H2,1-3H3. The molecule has 0 saturated heterocycles. The number of aryl methyl sites for hydroxylation is 3. The first-order chi connectivity index (χ1) is 11.6. The molecular formula is C18H22N6. The molecule has 0 atom stereocenters. The van der Waals surface area contributed by atoms with Crippen molar-refractivity contribution in [2.24, 2.45) is 0 Å². The van der Waals surface area contributed by atoms with E-state index in [0.717, 1.165) is 48.2 Å². The molecule has 24 heavy (non-hydrogen) atoms. The zero-order chi connectivity index (χ0) is 16.9. The largest absolute Gasteiger partial charge is 0.359 e. The van der Waals surface area contributed by atoms with Crippen molar-refractivity contribution in [2.45, 2.75) is 26.8 Å². The van der Waals surface area contributed by atoms with Gasteiger partial charge < -0.3 is 9.47 Å². The SMILES string of the molecule is Cc1cc(N(C)CCCn2ccnc2C)nc(-c2cccnc2)n1. The average Bonchev–Trinajstić information content (AvgIpc) is 3.00. The molecule has 0 bridgehead atoms. The van der Waals surface area contributed by atoms with E-state index < -0.39 is 0 Å². The van der Waals surface area contributed by atoms with Crippen LogP contribution in [0.3, 0.4) is 0 Å². The van der Waals surface area contributed by atoms with Crippen LogP contribution in [0.4, 0.5) is 5.82 Å². The molecule has 0 amide bonds. The molecule has 124 valence electrons. The van der Waals surface area contributed by atoms with Gasteiger partial charge in [-0.25, -0.2) is 15.0 Å². The highest BCUT2D eigenvalue weighted by Crippen LogP contribution is 2.18. The molecule has 0 unspecified atom stereocenters. The maximum atomic E-state index is 4.69. The van der Waals surface area contributed by atoms with Gasteiger partial charge in [-0.1, -0.05) is 0 Å². The highest BCUT2D eigenvalue weighted by atomic mass is 15.2. The van der Waals surface area contributed by atoms with Gasteiger partial charge in [-0.3, -0.25) is 4.98 Å². The third-order valence-electron chi connectivity index (χ3n) is 3.97. The minimum Gasteiger partial charge on any atom is -0.359 e. The van der Waals surface area contributed by atoms with E-state index in [4.69, 9.17) is 4.98 Å². The van der Waals surface area contributed by atoms with Crippen molar-refractivity contribution in [3.63, 3.8) is 0 Å². The molecule has 0 radical (unpaired) electrons. The summed E-state index contributed by atoms with van der Waals surface area (Å²) in [7, 11) is 2.07. The third kappa shape index (κ3) is 3.76. The van der Waals surface area contributed by atoms with Crippen molar-refractivity contribution in [1.82, 2.24) is 24.5 Å². The minimum atomic E-state index is 0.718. The fourth-order valence-corrected chi connectivity index (χ4v) is 2.60. The van der Waals surface area contributed by atoms with Crippen LogP contribution in [-0.2, 0) is 6.54 Å². The van der Waals surface area contributed by atoms with E-state index in [0.29, 0.717) is 0 Å². The predicted octanol–water partition coefficient (Wildman–Crippen LogP) is 2.88. The maximum absolute atomic E-state index is 4.69.